The van der Waals surface area contributed by atoms with Crippen LogP contribution >= 0.6 is 0 Å². The quantitative estimate of drug-likeness (QED) is 0.543. The molecule has 0 amide bonds. The van der Waals surface area contributed by atoms with Crippen molar-refractivity contribution in [3.63, 3.8) is 0 Å². The van der Waals surface area contributed by atoms with Crippen LogP contribution in [-0.4, -0.2) is 4.98 Å². The fraction of sp³-hybridized carbons (Fsp3) is 0. The van der Waals surface area contributed by atoms with Crippen LogP contribution in [0.4, 0.5) is 8.78 Å². The Kier molecular flexibility index (Phi) is 1.59. The molecule has 0 N–H and O–H groups in total. The van der Waals surface area contributed by atoms with Gasteiger partial charge in [0, 0.05) is 6.20 Å². The van der Waals surface area contributed by atoms with E-state index in [9.17, 15) is 8.78 Å². The average Bonchev–Trinajstić information content (AvgIpc) is 1.95. The first kappa shape index (κ1) is 6.62. The van der Waals surface area contributed by atoms with Gasteiger partial charge in [0.05, 0.1) is 6.20 Å². The van der Waals surface area contributed by atoms with Crippen molar-refractivity contribution in [2.45, 2.75) is 0 Å². The van der Waals surface area contributed by atoms with Crippen molar-refractivity contribution in [1.82, 2.24) is 4.98 Å². The van der Waals surface area contributed by atoms with Gasteiger partial charge < -0.3 is 0 Å². The van der Waals surface area contributed by atoms with Crippen molar-refractivity contribution in [3.05, 3.63) is 29.6 Å². The molecule has 0 unspecified atom stereocenters. The van der Waals surface area contributed by atoms with Gasteiger partial charge in [0.25, 0.3) is 0 Å². The van der Waals surface area contributed by atoms with Crippen molar-refractivity contribution in [3.8, 4) is 6.07 Å². The second kappa shape index (κ2) is 2.40. The Morgan fingerprint density at radius 3 is 2.60 bits per heavy atom. The lowest BCUT2D eigenvalue weighted by atomic mass is 10.3. The van der Waals surface area contributed by atoms with Crippen molar-refractivity contribution >= 4 is 0 Å². The summed E-state index contributed by atoms with van der Waals surface area (Å²) in [6.45, 7) is 0. The van der Waals surface area contributed by atoms with Crippen LogP contribution in [0.5, 0.6) is 0 Å². The number of halogens is 2. The van der Waals surface area contributed by atoms with Gasteiger partial charge >= 0.3 is 0 Å². The van der Waals surface area contributed by atoms with E-state index < -0.39 is 11.6 Å². The van der Waals surface area contributed by atoms with Crippen molar-refractivity contribution < 1.29 is 8.78 Å². The summed E-state index contributed by atoms with van der Waals surface area (Å²) < 4.78 is 24.5. The topological polar surface area (TPSA) is 36.7 Å². The lowest BCUT2D eigenvalue weighted by Crippen LogP contribution is -1.90. The molecule has 1 rings (SSSR count). The first-order valence-corrected chi connectivity index (χ1v) is 2.45. The van der Waals surface area contributed by atoms with Crippen LogP contribution in [0.3, 0.4) is 0 Å². The summed E-state index contributed by atoms with van der Waals surface area (Å²) in [5.41, 5.74) is -0.375. The minimum absolute atomic E-state index is 0.375. The minimum Gasteiger partial charge on any atom is -0.260 e. The molecule has 1 aromatic rings. The van der Waals surface area contributed by atoms with E-state index in [2.05, 4.69) is 4.98 Å². The second-order valence-electron chi connectivity index (χ2n) is 1.59. The first-order valence-electron chi connectivity index (χ1n) is 2.45. The molecule has 1 aromatic heterocycles. The number of hydrogen-bond acceptors (Lipinski definition) is 2. The molecule has 0 aromatic carbocycles. The Morgan fingerprint density at radius 2 is 2.10 bits per heavy atom. The highest BCUT2D eigenvalue weighted by Gasteiger charge is 2.05. The molecule has 0 aliphatic rings. The molecule has 0 atom stereocenters. The van der Waals surface area contributed by atoms with Gasteiger partial charge in [-0.1, -0.05) is 0 Å². The molecular formula is C6H2F2N2. The summed E-state index contributed by atoms with van der Waals surface area (Å²) in [7, 11) is 0. The van der Waals surface area contributed by atoms with Crippen molar-refractivity contribution in [1.29, 1.82) is 5.26 Å². The van der Waals surface area contributed by atoms with Gasteiger partial charge in [-0.3, -0.25) is 4.98 Å². The van der Waals surface area contributed by atoms with E-state index in [0.29, 0.717) is 0 Å². The fourth-order valence-corrected chi connectivity index (χ4v) is 0.497. The molecule has 1 heterocycles. The van der Waals surface area contributed by atoms with Gasteiger partial charge in [0.2, 0.25) is 0 Å². The predicted octanol–water partition coefficient (Wildman–Crippen LogP) is 1.23. The van der Waals surface area contributed by atoms with Crippen LogP contribution in [0.2, 0.25) is 0 Å². The third-order valence-corrected chi connectivity index (χ3v) is 0.958. The summed E-state index contributed by atoms with van der Waals surface area (Å²) in [6.07, 6.45) is 1.69. The molecule has 10 heavy (non-hydrogen) atoms. The molecule has 0 aliphatic heterocycles. The maximum Gasteiger partial charge on any atom is 0.179 e. The third-order valence-electron chi connectivity index (χ3n) is 0.958. The summed E-state index contributed by atoms with van der Waals surface area (Å²) in [5.74, 6) is -2.24. The highest BCUT2D eigenvalue weighted by molar-refractivity contribution is 5.26. The first-order chi connectivity index (χ1) is 4.75. The number of nitriles is 1. The number of pyridine rings is 1. The van der Waals surface area contributed by atoms with Gasteiger partial charge in [-0.15, -0.1) is 0 Å². The Morgan fingerprint density at radius 1 is 1.40 bits per heavy atom. The number of aromatic nitrogens is 1. The summed E-state index contributed by atoms with van der Waals surface area (Å²) >= 11 is 0. The molecule has 0 saturated carbocycles. The van der Waals surface area contributed by atoms with Crippen LogP contribution in [0, 0.1) is 23.0 Å². The molecule has 0 radical (unpaired) electrons. The molecule has 0 saturated heterocycles. The molecule has 0 bridgehead atoms. The van der Waals surface area contributed by atoms with Crippen LogP contribution in [-0.2, 0) is 0 Å². The number of rotatable bonds is 0. The zero-order valence-electron chi connectivity index (χ0n) is 4.81. The Hall–Kier alpha value is -1.50. The van der Waals surface area contributed by atoms with E-state index in [1.807, 2.05) is 0 Å². The zero-order chi connectivity index (χ0) is 7.56. The Balaban J connectivity index is 3.31. The molecule has 50 valence electrons. The summed E-state index contributed by atoms with van der Waals surface area (Å²) in [5, 5.41) is 8.15. The second-order valence-corrected chi connectivity index (χ2v) is 1.59. The van der Waals surface area contributed by atoms with Gasteiger partial charge in [0.1, 0.15) is 11.6 Å². The number of hydrogen-bond donors (Lipinski definition) is 0. The molecule has 0 aliphatic carbocycles. The van der Waals surface area contributed by atoms with Gasteiger partial charge in [-0.05, 0) is 0 Å². The van der Waals surface area contributed by atoms with Gasteiger partial charge in [0.15, 0.2) is 11.6 Å². The molecule has 0 spiro atoms. The van der Waals surface area contributed by atoms with E-state index in [-0.39, 0.29) is 5.56 Å². The summed E-state index contributed by atoms with van der Waals surface area (Å²) in [6, 6.07) is 1.46. The lowest BCUT2D eigenvalue weighted by Gasteiger charge is -1.90. The largest absolute Gasteiger partial charge is 0.260 e. The highest BCUT2D eigenvalue weighted by Crippen LogP contribution is 2.06. The van der Waals surface area contributed by atoms with E-state index in [4.69, 9.17) is 5.26 Å². The monoisotopic (exact) mass is 140 g/mol. The van der Waals surface area contributed by atoms with Crippen molar-refractivity contribution in [2.24, 2.45) is 0 Å². The van der Waals surface area contributed by atoms with E-state index in [1.54, 1.807) is 0 Å². The maximum atomic E-state index is 12.4. The summed E-state index contributed by atoms with van der Waals surface area (Å²) in [4.78, 5) is 3.28. The standard InChI is InChI=1S/C6H2F2N2/c7-5-3-10-2-4(1-9)6(5)8/h2-3H. The van der Waals surface area contributed by atoms with Crippen LogP contribution in [0.25, 0.3) is 0 Å². The van der Waals surface area contributed by atoms with Crippen LogP contribution in [0.15, 0.2) is 12.4 Å². The minimum atomic E-state index is -1.14. The Labute approximate surface area is 55.7 Å². The SMILES string of the molecule is N#Cc1cncc(F)c1F. The number of nitrogens with zero attached hydrogens (tertiary/aromatic N) is 2. The molecule has 2 nitrogen and oxygen atoms in total. The normalized spacial score (nSPS) is 8.90. The third kappa shape index (κ3) is 0.935. The fourth-order valence-electron chi connectivity index (χ4n) is 0.497. The van der Waals surface area contributed by atoms with Crippen LogP contribution in [0.1, 0.15) is 5.56 Å². The van der Waals surface area contributed by atoms with Crippen LogP contribution < -0.4 is 0 Å². The van der Waals surface area contributed by atoms with E-state index in [0.717, 1.165) is 12.4 Å². The van der Waals surface area contributed by atoms with Crippen molar-refractivity contribution in [2.75, 3.05) is 0 Å². The smallest absolute Gasteiger partial charge is 0.179 e. The zero-order valence-corrected chi connectivity index (χ0v) is 4.81. The molecule has 0 fully saturated rings. The maximum absolute atomic E-state index is 12.4. The predicted molar refractivity (Wildman–Crippen MR) is 28.9 cm³/mol. The molecule has 4 heteroatoms. The lowest BCUT2D eigenvalue weighted by molar-refractivity contribution is 0.501. The average molecular weight is 140 g/mol. The van der Waals surface area contributed by atoms with Gasteiger partial charge in [-0.2, -0.15) is 5.26 Å². The Bertz CT molecular complexity index is 290. The molecular weight excluding hydrogens is 138 g/mol. The van der Waals surface area contributed by atoms with E-state index >= 15 is 0 Å². The van der Waals surface area contributed by atoms with Gasteiger partial charge in [-0.25, -0.2) is 8.78 Å². The highest BCUT2D eigenvalue weighted by atomic mass is 19.2. The van der Waals surface area contributed by atoms with E-state index in [1.165, 1.54) is 6.07 Å².